The van der Waals surface area contributed by atoms with Crippen molar-refractivity contribution in [1.29, 1.82) is 0 Å². The molecule has 6 rings (SSSR count). The lowest BCUT2D eigenvalue weighted by Gasteiger charge is -2.25. The molecule has 0 saturated carbocycles. The van der Waals surface area contributed by atoms with E-state index in [4.69, 9.17) is 24.3 Å². The first-order valence-corrected chi connectivity index (χ1v) is 13.4. The first kappa shape index (κ1) is 25.8. The lowest BCUT2D eigenvalue weighted by atomic mass is 9.95. The van der Waals surface area contributed by atoms with Crippen LogP contribution >= 0.6 is 7.82 Å². The molecule has 0 aliphatic carbocycles. The summed E-state index contributed by atoms with van der Waals surface area (Å²) in [6.07, 6.45) is 0.761. The van der Waals surface area contributed by atoms with Gasteiger partial charge < -0.3 is 30.2 Å². The predicted molar refractivity (Wildman–Crippen MR) is 129 cm³/mol. The van der Waals surface area contributed by atoms with E-state index in [2.05, 4.69) is 30.0 Å². The number of hydrogen-bond acceptors (Lipinski definition) is 13. The highest BCUT2D eigenvalue weighted by atomic mass is 31.2. The third kappa shape index (κ3) is 4.87. The van der Waals surface area contributed by atoms with Crippen molar-refractivity contribution in [3.05, 3.63) is 45.3 Å². The van der Waals surface area contributed by atoms with Gasteiger partial charge in [-0.1, -0.05) is 0 Å². The van der Waals surface area contributed by atoms with Crippen LogP contribution in [0.2, 0.25) is 0 Å². The largest absolute Gasteiger partial charge is 0.472 e. The van der Waals surface area contributed by atoms with E-state index in [1.165, 1.54) is 17.0 Å². The van der Waals surface area contributed by atoms with Crippen molar-refractivity contribution in [3.63, 3.8) is 0 Å². The molecule has 4 aromatic rings. The van der Waals surface area contributed by atoms with Crippen molar-refractivity contribution < 1.29 is 33.1 Å². The molecule has 0 aromatic carbocycles. The lowest BCUT2D eigenvalue weighted by Crippen LogP contribution is -2.31. The maximum absolute atomic E-state index is 12.9. The summed E-state index contributed by atoms with van der Waals surface area (Å²) in [5, 5.41) is 15.1. The molecule has 2 saturated heterocycles. The first-order valence-electron chi connectivity index (χ1n) is 11.9. The Morgan fingerprint density at radius 2 is 2.05 bits per heavy atom. The fraction of sp³-hybridized carbons (Fsp3) is 0.500. The third-order valence-electron chi connectivity index (χ3n) is 6.70. The number of nitrogens with zero attached hydrogens (tertiary/aromatic N) is 6. The molecule has 2 fully saturated rings. The number of aliphatic hydroxyl groups is 1. The Balaban J connectivity index is 1.20. The SMILES string of the molecule is Nc1nc2c(ncn2[C@H](O)[C@H]2COCC[C@H]3C[C@H](c4cnc5c(=O)[nH]cnn45)O[C@@H]3COP(=O)(O)O2)c(=O)[nH]1. The summed E-state index contributed by atoms with van der Waals surface area (Å²) in [6.45, 7) is -0.376. The smallest absolute Gasteiger partial charge is 0.379 e. The number of nitrogen functional groups attached to an aromatic ring is 1. The highest BCUT2D eigenvalue weighted by molar-refractivity contribution is 7.47. The molecular formula is C20H24N9O9P. The van der Waals surface area contributed by atoms with Crippen LogP contribution in [-0.2, 0) is 23.1 Å². The van der Waals surface area contributed by atoms with Gasteiger partial charge in [0.05, 0.1) is 37.5 Å². The molecular weight excluding hydrogens is 541 g/mol. The van der Waals surface area contributed by atoms with E-state index in [1.54, 1.807) is 0 Å². The molecule has 19 heteroatoms. The van der Waals surface area contributed by atoms with E-state index >= 15 is 0 Å². The normalized spacial score (nSPS) is 29.3. The number of H-pyrrole nitrogens is 2. The molecule has 0 amide bonds. The first-order chi connectivity index (χ1) is 18.7. The molecule has 6 atom stereocenters. The van der Waals surface area contributed by atoms with Gasteiger partial charge in [0.1, 0.15) is 18.5 Å². The van der Waals surface area contributed by atoms with Crippen molar-refractivity contribution in [2.45, 2.75) is 37.4 Å². The summed E-state index contributed by atoms with van der Waals surface area (Å²) in [7, 11) is -4.73. The van der Waals surface area contributed by atoms with Crippen LogP contribution in [0.25, 0.3) is 16.8 Å². The maximum atomic E-state index is 12.9. The molecule has 6 heterocycles. The number of phosphoric ester groups is 1. The number of anilines is 1. The second kappa shape index (κ2) is 9.91. The monoisotopic (exact) mass is 565 g/mol. The van der Waals surface area contributed by atoms with Gasteiger partial charge in [0, 0.05) is 6.61 Å². The molecule has 0 radical (unpaired) electrons. The van der Waals surface area contributed by atoms with Crippen LogP contribution in [0.3, 0.4) is 0 Å². The highest BCUT2D eigenvalue weighted by Crippen LogP contribution is 2.48. The zero-order valence-electron chi connectivity index (χ0n) is 20.1. The minimum Gasteiger partial charge on any atom is -0.379 e. The average molecular weight is 565 g/mol. The number of fused-ring (bicyclic) bond motifs is 3. The minimum atomic E-state index is -4.73. The number of hydrogen-bond donors (Lipinski definition) is 5. The van der Waals surface area contributed by atoms with E-state index in [0.29, 0.717) is 18.5 Å². The van der Waals surface area contributed by atoms with Crippen LogP contribution in [0.4, 0.5) is 5.95 Å². The number of aliphatic hydroxyl groups excluding tert-OH is 1. The Bertz CT molecular complexity index is 1680. The van der Waals surface area contributed by atoms with Gasteiger partial charge in [-0.2, -0.15) is 10.1 Å². The zero-order valence-corrected chi connectivity index (χ0v) is 21.0. The van der Waals surface area contributed by atoms with Crippen LogP contribution in [0.1, 0.15) is 30.9 Å². The van der Waals surface area contributed by atoms with E-state index in [1.807, 2.05) is 0 Å². The van der Waals surface area contributed by atoms with Crippen LogP contribution < -0.4 is 16.9 Å². The highest BCUT2D eigenvalue weighted by Gasteiger charge is 2.41. The number of aromatic nitrogens is 8. The lowest BCUT2D eigenvalue weighted by molar-refractivity contribution is -0.0693. The van der Waals surface area contributed by atoms with Gasteiger partial charge in [-0.25, -0.2) is 19.0 Å². The van der Waals surface area contributed by atoms with E-state index in [0.717, 1.165) is 10.9 Å². The molecule has 6 N–H and O–H groups in total. The summed E-state index contributed by atoms with van der Waals surface area (Å²) in [4.78, 5) is 51.3. The number of rotatable bonds is 3. The van der Waals surface area contributed by atoms with Gasteiger partial charge >= 0.3 is 7.82 Å². The van der Waals surface area contributed by atoms with Gasteiger partial charge in [0.25, 0.3) is 11.1 Å². The molecule has 1 unspecified atom stereocenters. The minimum absolute atomic E-state index is 0.0480. The van der Waals surface area contributed by atoms with E-state index in [9.17, 15) is 24.2 Å². The Labute approximate surface area is 217 Å². The van der Waals surface area contributed by atoms with Gasteiger partial charge in [0.15, 0.2) is 17.4 Å². The van der Waals surface area contributed by atoms with Crippen molar-refractivity contribution in [3.8, 4) is 0 Å². The quantitative estimate of drug-likeness (QED) is 0.187. The van der Waals surface area contributed by atoms with Crippen LogP contribution in [0.15, 0.2) is 28.4 Å². The molecule has 2 aliphatic heterocycles. The topological polar surface area (TPSA) is 247 Å². The molecule has 2 aliphatic rings. The van der Waals surface area contributed by atoms with Gasteiger partial charge in [-0.05, 0) is 18.8 Å². The maximum Gasteiger partial charge on any atom is 0.472 e. The van der Waals surface area contributed by atoms with Crippen molar-refractivity contribution in [2.75, 3.05) is 25.6 Å². The molecule has 208 valence electrons. The summed E-state index contributed by atoms with van der Waals surface area (Å²) < 4.78 is 37.7. The van der Waals surface area contributed by atoms with Crippen LogP contribution in [0.5, 0.6) is 0 Å². The standard InChI is InChI=1S/C20H24N9O9P/c21-20-26-15-14(17(30)27-20)24-8-28(15)19(32)13-5-35-2-1-9-3-11(37-12(9)6-36-39(33,34)38-13)10-4-22-16-18(31)23-7-25-29(10)16/h4,7-9,11-13,19,32H,1-3,5-6H2,(H,33,34)(H,23,25,31)(H3,21,26,27,30)/t9-,11+,12+,13+,19+/m0/s1. The van der Waals surface area contributed by atoms with E-state index < -0.39 is 43.5 Å². The second-order valence-corrected chi connectivity index (χ2v) is 10.6. The third-order valence-corrected chi connectivity index (χ3v) is 7.71. The second-order valence-electron chi connectivity index (χ2n) is 9.16. The molecule has 0 spiro atoms. The van der Waals surface area contributed by atoms with Crippen molar-refractivity contribution in [2.24, 2.45) is 5.92 Å². The molecule has 0 bridgehead atoms. The Hall–Kier alpha value is -3.51. The number of phosphoric acid groups is 1. The number of aromatic amines is 2. The average Bonchev–Trinajstić information content (AvgIpc) is 3.61. The molecule has 4 aromatic heterocycles. The van der Waals surface area contributed by atoms with Crippen molar-refractivity contribution in [1.82, 2.24) is 39.1 Å². The van der Waals surface area contributed by atoms with E-state index in [-0.39, 0.29) is 48.5 Å². The number of ether oxygens (including phenoxy) is 2. The fourth-order valence-corrected chi connectivity index (χ4v) is 5.74. The summed E-state index contributed by atoms with van der Waals surface area (Å²) in [6, 6.07) is 0. The van der Waals surface area contributed by atoms with Crippen molar-refractivity contribution >= 4 is 30.6 Å². The number of imidazole rings is 2. The fourth-order valence-electron chi connectivity index (χ4n) is 4.83. The van der Waals surface area contributed by atoms with Crippen LogP contribution in [-0.4, -0.2) is 81.1 Å². The van der Waals surface area contributed by atoms with Crippen LogP contribution in [0, 0.1) is 5.92 Å². The number of nitrogens with two attached hydrogens (primary N) is 1. The molecule has 39 heavy (non-hydrogen) atoms. The Morgan fingerprint density at radius 1 is 1.21 bits per heavy atom. The summed E-state index contributed by atoms with van der Waals surface area (Å²) in [5.74, 6) is -0.339. The zero-order chi connectivity index (χ0) is 27.3. The van der Waals surface area contributed by atoms with Gasteiger partial charge in [-0.3, -0.25) is 28.2 Å². The van der Waals surface area contributed by atoms with Gasteiger partial charge in [-0.15, -0.1) is 0 Å². The van der Waals surface area contributed by atoms with Gasteiger partial charge in [0.2, 0.25) is 11.6 Å². The Kier molecular flexibility index (Phi) is 6.54. The molecule has 18 nitrogen and oxygen atoms in total. The Morgan fingerprint density at radius 3 is 2.90 bits per heavy atom. The predicted octanol–water partition coefficient (Wildman–Crippen LogP) is -1.01. The summed E-state index contributed by atoms with van der Waals surface area (Å²) in [5.41, 5.74) is 5.14. The number of nitrogens with one attached hydrogen (secondary N) is 2. The summed E-state index contributed by atoms with van der Waals surface area (Å²) >= 11 is 0.